The molecule has 0 spiro atoms. The minimum atomic E-state index is 0.726. The summed E-state index contributed by atoms with van der Waals surface area (Å²) in [5.41, 5.74) is 3.14. The van der Waals surface area contributed by atoms with Crippen molar-refractivity contribution in [3.63, 3.8) is 0 Å². The van der Waals surface area contributed by atoms with E-state index in [4.69, 9.17) is 0 Å². The number of hydrogen-bond donors (Lipinski definition) is 0. The molecule has 1 aromatic carbocycles. The van der Waals surface area contributed by atoms with Crippen LogP contribution in [-0.4, -0.2) is 37.4 Å². The summed E-state index contributed by atoms with van der Waals surface area (Å²) in [7, 11) is 0. The first kappa shape index (κ1) is 12.7. The lowest BCUT2D eigenvalue weighted by Gasteiger charge is -2.37. The Morgan fingerprint density at radius 1 is 0.800 bits per heavy atom. The Labute approximate surface area is 118 Å². The largest absolute Gasteiger partial charge is 0.368 e. The van der Waals surface area contributed by atoms with Gasteiger partial charge in [0.15, 0.2) is 0 Å². The molecule has 1 aromatic heterocycles. The molecule has 1 saturated heterocycles. The SMILES string of the molecule is O=Cc1ccc(N2CCN(c3ccncc3)CC2)cc1. The molecule has 4 heteroatoms. The van der Waals surface area contributed by atoms with Crippen LogP contribution in [0.4, 0.5) is 11.4 Å². The average molecular weight is 267 g/mol. The smallest absolute Gasteiger partial charge is 0.150 e. The molecular formula is C16H17N3O. The maximum Gasteiger partial charge on any atom is 0.150 e. The summed E-state index contributed by atoms with van der Waals surface area (Å²) in [5, 5.41) is 0. The second kappa shape index (κ2) is 5.74. The summed E-state index contributed by atoms with van der Waals surface area (Å²) < 4.78 is 0. The highest BCUT2D eigenvalue weighted by Crippen LogP contribution is 2.20. The number of benzene rings is 1. The minimum absolute atomic E-state index is 0.726. The summed E-state index contributed by atoms with van der Waals surface area (Å²) in [6, 6.07) is 11.9. The number of aldehydes is 1. The van der Waals surface area contributed by atoms with Gasteiger partial charge < -0.3 is 9.80 Å². The number of carbonyl (C=O) groups excluding carboxylic acids is 1. The van der Waals surface area contributed by atoms with E-state index in [9.17, 15) is 4.79 Å². The molecule has 4 nitrogen and oxygen atoms in total. The predicted octanol–water partition coefficient (Wildman–Crippen LogP) is 2.22. The lowest BCUT2D eigenvalue weighted by atomic mass is 10.2. The number of hydrogen-bond acceptors (Lipinski definition) is 4. The van der Waals surface area contributed by atoms with E-state index in [2.05, 4.69) is 26.9 Å². The molecule has 1 fully saturated rings. The number of aromatic nitrogens is 1. The number of nitrogens with zero attached hydrogens (tertiary/aromatic N) is 3. The second-order valence-electron chi connectivity index (χ2n) is 4.89. The maximum absolute atomic E-state index is 10.7. The van der Waals surface area contributed by atoms with E-state index >= 15 is 0 Å². The molecule has 0 aliphatic carbocycles. The van der Waals surface area contributed by atoms with E-state index in [0.29, 0.717) is 0 Å². The molecule has 1 aliphatic rings. The summed E-state index contributed by atoms with van der Waals surface area (Å²) in [4.78, 5) is 19.4. The lowest BCUT2D eigenvalue weighted by molar-refractivity contribution is 0.112. The van der Waals surface area contributed by atoms with Gasteiger partial charge in [-0.25, -0.2) is 0 Å². The summed E-state index contributed by atoms with van der Waals surface area (Å²) in [5.74, 6) is 0. The van der Waals surface area contributed by atoms with Crippen LogP contribution < -0.4 is 9.80 Å². The zero-order valence-electron chi connectivity index (χ0n) is 11.3. The Bertz CT molecular complexity index is 560. The molecule has 3 rings (SSSR count). The van der Waals surface area contributed by atoms with Gasteiger partial charge in [-0.1, -0.05) is 0 Å². The van der Waals surface area contributed by atoms with Gasteiger partial charge in [-0.3, -0.25) is 9.78 Å². The van der Waals surface area contributed by atoms with Crippen LogP contribution in [0.25, 0.3) is 0 Å². The lowest BCUT2D eigenvalue weighted by Crippen LogP contribution is -2.46. The number of rotatable bonds is 3. The van der Waals surface area contributed by atoms with Crippen LogP contribution in [0.15, 0.2) is 48.8 Å². The van der Waals surface area contributed by atoms with Gasteiger partial charge in [-0.15, -0.1) is 0 Å². The Kier molecular flexibility index (Phi) is 3.63. The second-order valence-corrected chi connectivity index (χ2v) is 4.89. The van der Waals surface area contributed by atoms with Gasteiger partial charge in [0.25, 0.3) is 0 Å². The van der Waals surface area contributed by atoms with Crippen molar-refractivity contribution in [2.45, 2.75) is 0 Å². The fourth-order valence-electron chi connectivity index (χ4n) is 2.54. The highest BCUT2D eigenvalue weighted by molar-refractivity contribution is 5.75. The molecule has 2 heterocycles. The monoisotopic (exact) mass is 267 g/mol. The van der Waals surface area contributed by atoms with E-state index in [1.165, 1.54) is 11.4 Å². The van der Waals surface area contributed by atoms with Gasteiger partial charge >= 0.3 is 0 Å². The van der Waals surface area contributed by atoms with Gasteiger partial charge in [0.05, 0.1) is 0 Å². The highest BCUT2D eigenvalue weighted by Gasteiger charge is 2.17. The molecule has 0 unspecified atom stereocenters. The molecule has 0 N–H and O–H groups in total. The van der Waals surface area contributed by atoms with E-state index in [1.54, 1.807) is 0 Å². The summed E-state index contributed by atoms with van der Waals surface area (Å²) in [6.07, 6.45) is 4.55. The van der Waals surface area contributed by atoms with E-state index < -0.39 is 0 Å². The predicted molar refractivity (Wildman–Crippen MR) is 80.5 cm³/mol. The number of piperazine rings is 1. The molecular weight excluding hydrogens is 250 g/mol. The fraction of sp³-hybridized carbons (Fsp3) is 0.250. The molecule has 0 bridgehead atoms. The van der Waals surface area contributed by atoms with Crippen molar-refractivity contribution in [1.29, 1.82) is 0 Å². The number of anilines is 2. The van der Waals surface area contributed by atoms with Crippen LogP contribution in [0.2, 0.25) is 0 Å². The zero-order valence-corrected chi connectivity index (χ0v) is 11.3. The van der Waals surface area contributed by atoms with Crippen molar-refractivity contribution in [3.8, 4) is 0 Å². The zero-order chi connectivity index (χ0) is 13.8. The molecule has 2 aromatic rings. The van der Waals surface area contributed by atoms with Crippen molar-refractivity contribution in [1.82, 2.24) is 4.98 Å². The van der Waals surface area contributed by atoms with Crippen LogP contribution in [0.5, 0.6) is 0 Å². The first-order chi connectivity index (χ1) is 9.86. The molecule has 102 valence electrons. The normalized spacial score (nSPS) is 15.2. The van der Waals surface area contributed by atoms with Crippen molar-refractivity contribution in [3.05, 3.63) is 54.4 Å². The van der Waals surface area contributed by atoms with Crippen LogP contribution in [-0.2, 0) is 0 Å². The van der Waals surface area contributed by atoms with Crippen molar-refractivity contribution in [2.75, 3.05) is 36.0 Å². The third-order valence-corrected chi connectivity index (χ3v) is 3.70. The van der Waals surface area contributed by atoms with Gasteiger partial charge in [-0.2, -0.15) is 0 Å². The molecule has 1 aliphatic heterocycles. The molecule has 0 atom stereocenters. The maximum atomic E-state index is 10.7. The quantitative estimate of drug-likeness (QED) is 0.799. The van der Waals surface area contributed by atoms with E-state index in [0.717, 1.165) is 38.0 Å². The third kappa shape index (κ3) is 2.64. The topological polar surface area (TPSA) is 36.4 Å². The van der Waals surface area contributed by atoms with Crippen molar-refractivity contribution in [2.24, 2.45) is 0 Å². The van der Waals surface area contributed by atoms with Crippen molar-refractivity contribution < 1.29 is 4.79 Å². The van der Waals surface area contributed by atoms with Crippen LogP contribution in [0.3, 0.4) is 0 Å². The molecule has 0 saturated carbocycles. The first-order valence-electron chi connectivity index (χ1n) is 6.82. The van der Waals surface area contributed by atoms with Crippen LogP contribution >= 0.6 is 0 Å². The summed E-state index contributed by atoms with van der Waals surface area (Å²) in [6.45, 7) is 3.98. The summed E-state index contributed by atoms with van der Waals surface area (Å²) >= 11 is 0. The standard InChI is InChI=1S/C16H17N3O/c20-13-14-1-3-15(4-2-14)18-9-11-19(12-10-18)16-5-7-17-8-6-16/h1-8,13H,9-12H2. The Morgan fingerprint density at radius 3 is 1.80 bits per heavy atom. The van der Waals surface area contributed by atoms with Crippen LogP contribution in [0.1, 0.15) is 10.4 Å². The average Bonchev–Trinajstić information content (AvgIpc) is 2.56. The first-order valence-corrected chi connectivity index (χ1v) is 6.82. The van der Waals surface area contributed by atoms with Crippen molar-refractivity contribution >= 4 is 17.7 Å². The number of carbonyl (C=O) groups is 1. The molecule has 0 radical (unpaired) electrons. The van der Waals surface area contributed by atoms with Gasteiger partial charge in [0.2, 0.25) is 0 Å². The molecule has 20 heavy (non-hydrogen) atoms. The number of pyridine rings is 1. The van der Waals surface area contributed by atoms with Gasteiger partial charge in [0, 0.05) is 55.5 Å². The Balaban J connectivity index is 1.64. The third-order valence-electron chi connectivity index (χ3n) is 3.70. The van der Waals surface area contributed by atoms with E-state index in [-0.39, 0.29) is 0 Å². The molecule has 0 amide bonds. The fourth-order valence-corrected chi connectivity index (χ4v) is 2.54. The van der Waals surface area contributed by atoms with Gasteiger partial charge in [0.1, 0.15) is 6.29 Å². The van der Waals surface area contributed by atoms with Crippen LogP contribution in [0, 0.1) is 0 Å². The van der Waals surface area contributed by atoms with E-state index in [1.807, 2.05) is 36.7 Å². The van der Waals surface area contributed by atoms with Gasteiger partial charge in [-0.05, 0) is 36.4 Å². The Morgan fingerprint density at radius 2 is 1.30 bits per heavy atom. The minimum Gasteiger partial charge on any atom is -0.368 e. The Hall–Kier alpha value is -2.36. The highest BCUT2D eigenvalue weighted by atomic mass is 16.1.